The van der Waals surface area contributed by atoms with Gasteiger partial charge in [-0.25, -0.2) is 4.39 Å². The Hall–Kier alpha value is -3.19. The lowest BCUT2D eigenvalue weighted by molar-refractivity contribution is -0.135. The number of carbonyl (C=O) groups excluding carboxylic acids is 2. The molecule has 1 unspecified atom stereocenters. The third kappa shape index (κ3) is 4.64. The van der Waals surface area contributed by atoms with E-state index in [1.165, 1.54) is 11.0 Å². The molecule has 1 aromatic heterocycles. The number of aryl methyl sites for hydroxylation is 1. The molecule has 0 spiro atoms. The Kier molecular flexibility index (Phi) is 6.51. The van der Waals surface area contributed by atoms with E-state index in [9.17, 15) is 14.0 Å². The van der Waals surface area contributed by atoms with Crippen LogP contribution in [0.5, 0.6) is 0 Å². The van der Waals surface area contributed by atoms with E-state index in [4.69, 9.17) is 11.6 Å². The Morgan fingerprint density at radius 2 is 1.88 bits per heavy atom. The van der Waals surface area contributed by atoms with Crippen molar-refractivity contribution in [2.75, 3.05) is 18.5 Å². The molecule has 1 saturated heterocycles. The second kappa shape index (κ2) is 9.35. The highest BCUT2D eigenvalue weighted by Gasteiger charge is 2.37. The summed E-state index contributed by atoms with van der Waals surface area (Å²) in [7, 11) is 1.73. The number of nitrogens with zero attached hydrogens (tertiary/aromatic N) is 4. The van der Waals surface area contributed by atoms with Gasteiger partial charge < -0.3 is 9.80 Å². The first kappa shape index (κ1) is 23.0. The average Bonchev–Trinajstić information content (AvgIpc) is 3.29. The monoisotopic (exact) mass is 468 g/mol. The van der Waals surface area contributed by atoms with E-state index in [2.05, 4.69) is 5.10 Å². The standard InChI is InChI=1S/C25H26ClFN4O2/c1-16-20(17(2)31(28-16)14-18-8-4-5-9-21(18)26)15-29(3)25(33)19-12-24(32)30(13-19)23-11-7-6-10-22(23)27/h4-11,19H,12-15H2,1-3H3. The number of benzene rings is 2. The number of aromatic nitrogens is 2. The van der Waals surface area contributed by atoms with Crippen molar-refractivity contribution in [3.8, 4) is 0 Å². The third-order valence-electron chi connectivity index (χ3n) is 6.20. The molecule has 4 rings (SSSR count). The molecule has 2 aromatic carbocycles. The molecule has 6 nitrogen and oxygen atoms in total. The van der Waals surface area contributed by atoms with E-state index in [1.54, 1.807) is 30.1 Å². The summed E-state index contributed by atoms with van der Waals surface area (Å²) in [6.07, 6.45) is 0.0707. The third-order valence-corrected chi connectivity index (χ3v) is 6.57. The Morgan fingerprint density at radius 1 is 1.18 bits per heavy atom. The molecule has 2 amide bonds. The summed E-state index contributed by atoms with van der Waals surface area (Å²) in [4.78, 5) is 28.6. The summed E-state index contributed by atoms with van der Waals surface area (Å²) in [5, 5.41) is 5.33. The van der Waals surface area contributed by atoms with Gasteiger partial charge in [-0.15, -0.1) is 0 Å². The number of para-hydroxylation sites is 1. The number of carbonyl (C=O) groups is 2. The van der Waals surface area contributed by atoms with Crippen LogP contribution < -0.4 is 4.90 Å². The Labute approximate surface area is 197 Å². The van der Waals surface area contributed by atoms with Crippen molar-refractivity contribution in [2.24, 2.45) is 5.92 Å². The van der Waals surface area contributed by atoms with Gasteiger partial charge in [0.2, 0.25) is 11.8 Å². The van der Waals surface area contributed by atoms with Gasteiger partial charge in [-0.3, -0.25) is 14.3 Å². The van der Waals surface area contributed by atoms with Gasteiger partial charge in [0, 0.05) is 42.8 Å². The molecule has 0 N–H and O–H groups in total. The van der Waals surface area contributed by atoms with Gasteiger partial charge in [0.25, 0.3) is 0 Å². The van der Waals surface area contributed by atoms with Crippen molar-refractivity contribution in [3.05, 3.63) is 81.9 Å². The Morgan fingerprint density at radius 3 is 2.61 bits per heavy atom. The highest BCUT2D eigenvalue weighted by Crippen LogP contribution is 2.29. The molecule has 0 saturated carbocycles. The van der Waals surface area contributed by atoms with Gasteiger partial charge in [-0.2, -0.15) is 5.10 Å². The zero-order chi connectivity index (χ0) is 23.7. The van der Waals surface area contributed by atoms with Gasteiger partial charge in [0.15, 0.2) is 0 Å². The molecule has 1 atom stereocenters. The van der Waals surface area contributed by atoms with Crippen LogP contribution >= 0.6 is 11.6 Å². The molecule has 1 fully saturated rings. The van der Waals surface area contributed by atoms with Crippen LogP contribution in [0.2, 0.25) is 5.02 Å². The molecular formula is C25H26ClFN4O2. The lowest BCUT2D eigenvalue weighted by Gasteiger charge is -2.22. The maximum absolute atomic E-state index is 14.2. The van der Waals surface area contributed by atoms with Crippen LogP contribution in [0.25, 0.3) is 0 Å². The molecular weight excluding hydrogens is 443 g/mol. The van der Waals surface area contributed by atoms with E-state index in [-0.39, 0.29) is 30.5 Å². The predicted molar refractivity (Wildman–Crippen MR) is 126 cm³/mol. The molecule has 33 heavy (non-hydrogen) atoms. The van der Waals surface area contributed by atoms with Crippen LogP contribution in [0.4, 0.5) is 10.1 Å². The van der Waals surface area contributed by atoms with Crippen molar-refractivity contribution in [3.63, 3.8) is 0 Å². The maximum atomic E-state index is 14.2. The van der Waals surface area contributed by atoms with Gasteiger partial charge >= 0.3 is 0 Å². The lowest BCUT2D eigenvalue weighted by Crippen LogP contribution is -2.34. The van der Waals surface area contributed by atoms with E-state index >= 15 is 0 Å². The van der Waals surface area contributed by atoms with Crippen molar-refractivity contribution in [2.45, 2.75) is 33.4 Å². The van der Waals surface area contributed by atoms with Crippen molar-refractivity contribution in [1.29, 1.82) is 0 Å². The van der Waals surface area contributed by atoms with E-state index in [1.807, 2.05) is 42.8 Å². The van der Waals surface area contributed by atoms with Crippen molar-refractivity contribution < 1.29 is 14.0 Å². The summed E-state index contributed by atoms with van der Waals surface area (Å²) in [6, 6.07) is 13.8. The quantitative estimate of drug-likeness (QED) is 0.540. The maximum Gasteiger partial charge on any atom is 0.228 e. The molecule has 8 heteroatoms. The van der Waals surface area contributed by atoms with E-state index < -0.39 is 11.7 Å². The number of amides is 2. The zero-order valence-electron chi connectivity index (χ0n) is 18.9. The summed E-state index contributed by atoms with van der Waals surface area (Å²) in [5.74, 6) is -1.36. The Bertz CT molecular complexity index is 1210. The molecule has 2 heterocycles. The number of anilines is 1. The van der Waals surface area contributed by atoms with Gasteiger partial charge in [0.1, 0.15) is 5.82 Å². The summed E-state index contributed by atoms with van der Waals surface area (Å²) in [6.45, 7) is 4.99. The second-order valence-electron chi connectivity index (χ2n) is 8.45. The molecule has 172 valence electrons. The van der Waals surface area contributed by atoms with Gasteiger partial charge in [-0.1, -0.05) is 41.9 Å². The minimum Gasteiger partial charge on any atom is -0.341 e. The van der Waals surface area contributed by atoms with Crippen LogP contribution in [-0.2, 0) is 22.7 Å². The second-order valence-corrected chi connectivity index (χ2v) is 8.86. The first-order chi connectivity index (χ1) is 15.8. The molecule has 1 aliphatic rings. The minimum atomic E-state index is -0.513. The van der Waals surface area contributed by atoms with E-state index in [0.717, 1.165) is 22.5 Å². The van der Waals surface area contributed by atoms with Crippen LogP contribution in [-0.4, -0.2) is 40.1 Å². The fourth-order valence-corrected chi connectivity index (χ4v) is 4.50. The van der Waals surface area contributed by atoms with Crippen molar-refractivity contribution in [1.82, 2.24) is 14.7 Å². The first-order valence-electron chi connectivity index (χ1n) is 10.8. The molecule has 1 aliphatic heterocycles. The number of halogens is 2. The lowest BCUT2D eigenvalue weighted by atomic mass is 10.1. The summed E-state index contributed by atoms with van der Waals surface area (Å²) < 4.78 is 16.0. The minimum absolute atomic E-state index is 0.0707. The molecule has 0 bridgehead atoms. The number of hydrogen-bond donors (Lipinski definition) is 0. The molecule has 3 aromatic rings. The smallest absolute Gasteiger partial charge is 0.228 e. The topological polar surface area (TPSA) is 58.4 Å². The van der Waals surface area contributed by atoms with Crippen LogP contribution in [0.1, 0.15) is 28.9 Å². The van der Waals surface area contributed by atoms with Crippen LogP contribution in [0.15, 0.2) is 48.5 Å². The molecule has 0 radical (unpaired) electrons. The zero-order valence-corrected chi connectivity index (χ0v) is 19.6. The fourth-order valence-electron chi connectivity index (χ4n) is 4.31. The largest absolute Gasteiger partial charge is 0.341 e. The average molecular weight is 469 g/mol. The summed E-state index contributed by atoms with van der Waals surface area (Å²) >= 11 is 6.30. The van der Waals surface area contributed by atoms with Gasteiger partial charge in [0.05, 0.1) is 23.8 Å². The number of rotatable bonds is 6. The van der Waals surface area contributed by atoms with E-state index in [0.29, 0.717) is 18.1 Å². The number of hydrogen-bond acceptors (Lipinski definition) is 3. The molecule has 0 aliphatic carbocycles. The fraction of sp³-hybridized carbons (Fsp3) is 0.320. The SMILES string of the molecule is Cc1nn(Cc2ccccc2Cl)c(C)c1CN(C)C(=O)C1CC(=O)N(c2ccccc2F)C1. The van der Waals surface area contributed by atoms with Crippen LogP contribution in [0.3, 0.4) is 0 Å². The van der Waals surface area contributed by atoms with Gasteiger partial charge in [-0.05, 0) is 37.6 Å². The predicted octanol–water partition coefficient (Wildman–Crippen LogP) is 4.35. The van der Waals surface area contributed by atoms with Crippen LogP contribution in [0, 0.1) is 25.6 Å². The normalized spacial score (nSPS) is 15.8. The highest BCUT2D eigenvalue weighted by atomic mass is 35.5. The summed E-state index contributed by atoms with van der Waals surface area (Å²) in [5.41, 5.74) is 3.96. The first-order valence-corrected chi connectivity index (χ1v) is 11.2. The van der Waals surface area contributed by atoms with Crippen molar-refractivity contribution >= 4 is 29.1 Å². The Balaban J connectivity index is 1.46. The highest BCUT2D eigenvalue weighted by molar-refractivity contribution is 6.31.